The van der Waals surface area contributed by atoms with Crippen molar-refractivity contribution in [2.45, 2.75) is 32.5 Å². The van der Waals surface area contributed by atoms with E-state index in [4.69, 9.17) is 20.2 Å². The van der Waals surface area contributed by atoms with Crippen LogP contribution >= 0.6 is 0 Å². The first-order chi connectivity index (χ1) is 9.37. The molecule has 112 valence electrons. The van der Waals surface area contributed by atoms with Crippen LogP contribution in [0, 0.1) is 0 Å². The van der Waals surface area contributed by atoms with Gasteiger partial charge in [0.25, 0.3) is 0 Å². The lowest BCUT2D eigenvalue weighted by Crippen LogP contribution is -2.35. The van der Waals surface area contributed by atoms with Crippen molar-refractivity contribution in [1.82, 2.24) is 5.32 Å². The fourth-order valence-electron chi connectivity index (χ4n) is 1.65. The van der Waals surface area contributed by atoms with Crippen LogP contribution in [0.15, 0.2) is 24.3 Å². The minimum atomic E-state index is -0.548. The van der Waals surface area contributed by atoms with Gasteiger partial charge in [0.2, 0.25) is 0 Å². The molecule has 0 fully saturated rings. The number of rotatable bonds is 5. The summed E-state index contributed by atoms with van der Waals surface area (Å²) in [6.07, 6.45) is -1.03. The monoisotopic (exact) mass is 282 g/mol. The van der Waals surface area contributed by atoms with Crippen molar-refractivity contribution in [3.8, 4) is 5.75 Å². The smallest absolute Gasteiger partial charge is 0.407 e. The molecule has 0 aliphatic heterocycles. The molecule has 1 amide bonds. The zero-order valence-electron chi connectivity index (χ0n) is 12.3. The fraction of sp³-hybridized carbons (Fsp3) is 0.500. The normalized spacial score (nSPS) is 12.7. The fourth-order valence-corrected chi connectivity index (χ4v) is 1.65. The van der Waals surface area contributed by atoms with Gasteiger partial charge in [-0.1, -0.05) is 18.2 Å². The van der Waals surface area contributed by atoms with Crippen molar-refractivity contribution in [3.63, 3.8) is 0 Å². The Hall–Kier alpha value is -1.79. The number of hydrogen-bond acceptors (Lipinski definition) is 5. The molecule has 1 unspecified atom stereocenters. The van der Waals surface area contributed by atoms with Crippen LogP contribution in [-0.4, -0.2) is 25.3 Å². The quantitative estimate of drug-likeness (QED) is 0.809. The first-order valence-corrected chi connectivity index (χ1v) is 6.32. The number of carbonyl (C=O) groups excluding carboxylic acids is 1. The van der Waals surface area contributed by atoms with Gasteiger partial charge in [-0.3, -0.25) is 4.84 Å². The van der Waals surface area contributed by atoms with E-state index >= 15 is 0 Å². The molecule has 0 aromatic heterocycles. The van der Waals surface area contributed by atoms with Gasteiger partial charge in [0, 0.05) is 5.56 Å². The number of amides is 1. The van der Waals surface area contributed by atoms with E-state index in [0.717, 1.165) is 5.56 Å². The van der Waals surface area contributed by atoms with E-state index in [1.54, 1.807) is 33.9 Å². The number of benzene rings is 1. The SMILES string of the molecule is COc1ccccc1C(CNC(=O)OC(C)(C)C)ON. The lowest BCUT2D eigenvalue weighted by Gasteiger charge is -2.22. The molecule has 6 heteroatoms. The number of methoxy groups -OCH3 is 1. The van der Waals surface area contributed by atoms with Crippen LogP contribution in [0.2, 0.25) is 0 Å². The van der Waals surface area contributed by atoms with Crippen LogP contribution in [-0.2, 0) is 9.57 Å². The molecule has 3 N–H and O–H groups in total. The second-order valence-electron chi connectivity index (χ2n) is 5.25. The summed E-state index contributed by atoms with van der Waals surface area (Å²) in [6.45, 7) is 5.57. The van der Waals surface area contributed by atoms with Crippen LogP contribution in [0.4, 0.5) is 4.79 Å². The summed E-state index contributed by atoms with van der Waals surface area (Å²) in [5.41, 5.74) is 0.210. The average Bonchev–Trinajstić information content (AvgIpc) is 2.38. The topological polar surface area (TPSA) is 82.8 Å². The Bertz CT molecular complexity index is 443. The Morgan fingerprint density at radius 1 is 1.35 bits per heavy atom. The number of hydrogen-bond donors (Lipinski definition) is 2. The summed E-state index contributed by atoms with van der Waals surface area (Å²) in [5.74, 6) is 5.94. The molecule has 20 heavy (non-hydrogen) atoms. The first kappa shape index (κ1) is 16.3. The molecule has 1 aromatic rings. The molecule has 1 atom stereocenters. The van der Waals surface area contributed by atoms with Crippen molar-refractivity contribution in [1.29, 1.82) is 0 Å². The molecule has 0 saturated heterocycles. The minimum absolute atomic E-state index is 0.186. The highest BCUT2D eigenvalue weighted by molar-refractivity contribution is 5.67. The number of nitrogens with one attached hydrogen (secondary N) is 1. The third kappa shape index (κ3) is 5.07. The molecule has 6 nitrogen and oxygen atoms in total. The Kier molecular flexibility index (Phi) is 5.79. The zero-order chi connectivity index (χ0) is 15.2. The Morgan fingerprint density at radius 2 is 2.00 bits per heavy atom. The first-order valence-electron chi connectivity index (χ1n) is 6.32. The number of nitrogens with two attached hydrogens (primary N) is 1. The maximum atomic E-state index is 11.6. The molecule has 1 aromatic carbocycles. The summed E-state index contributed by atoms with van der Waals surface area (Å²) < 4.78 is 10.4. The Labute approximate surface area is 119 Å². The summed E-state index contributed by atoms with van der Waals surface area (Å²) in [5, 5.41) is 2.62. The number of ether oxygens (including phenoxy) is 2. The second kappa shape index (κ2) is 7.12. The van der Waals surface area contributed by atoms with Crippen molar-refractivity contribution in [2.24, 2.45) is 5.90 Å². The molecule has 0 spiro atoms. The van der Waals surface area contributed by atoms with E-state index in [9.17, 15) is 4.79 Å². The maximum absolute atomic E-state index is 11.6. The van der Waals surface area contributed by atoms with Gasteiger partial charge in [-0.05, 0) is 26.8 Å². The number of carbonyl (C=O) groups is 1. The van der Waals surface area contributed by atoms with Crippen LogP contribution in [0.25, 0.3) is 0 Å². The molecule has 0 aliphatic rings. The molecular weight excluding hydrogens is 260 g/mol. The molecule has 1 rings (SSSR count). The van der Waals surface area contributed by atoms with Gasteiger partial charge in [0.05, 0.1) is 13.7 Å². The van der Waals surface area contributed by atoms with Crippen LogP contribution in [0.1, 0.15) is 32.4 Å². The average molecular weight is 282 g/mol. The Morgan fingerprint density at radius 3 is 2.55 bits per heavy atom. The van der Waals surface area contributed by atoms with E-state index in [-0.39, 0.29) is 6.54 Å². The standard InChI is InChI=1S/C14H22N2O4/c1-14(2,3)19-13(17)16-9-12(20-15)10-7-5-6-8-11(10)18-4/h5-8,12H,9,15H2,1-4H3,(H,16,17). The zero-order valence-corrected chi connectivity index (χ0v) is 12.3. The summed E-state index contributed by atoms with van der Waals surface area (Å²) in [6, 6.07) is 7.32. The lowest BCUT2D eigenvalue weighted by atomic mass is 10.1. The largest absolute Gasteiger partial charge is 0.496 e. The van der Waals surface area contributed by atoms with E-state index in [1.807, 2.05) is 18.2 Å². The predicted molar refractivity (Wildman–Crippen MR) is 75.2 cm³/mol. The molecule has 0 bridgehead atoms. The van der Waals surface area contributed by atoms with Crippen LogP contribution < -0.4 is 16.0 Å². The van der Waals surface area contributed by atoms with E-state index < -0.39 is 17.8 Å². The number of para-hydroxylation sites is 1. The van der Waals surface area contributed by atoms with Gasteiger partial charge < -0.3 is 14.8 Å². The molecular formula is C14H22N2O4. The van der Waals surface area contributed by atoms with Crippen LogP contribution in [0.5, 0.6) is 5.75 Å². The van der Waals surface area contributed by atoms with E-state index in [0.29, 0.717) is 5.75 Å². The van der Waals surface area contributed by atoms with Crippen molar-refractivity contribution in [2.75, 3.05) is 13.7 Å². The molecule has 0 radical (unpaired) electrons. The van der Waals surface area contributed by atoms with E-state index in [2.05, 4.69) is 5.32 Å². The molecule has 0 aliphatic carbocycles. The summed E-state index contributed by atoms with van der Waals surface area (Å²) in [7, 11) is 1.56. The molecule has 0 heterocycles. The summed E-state index contributed by atoms with van der Waals surface area (Å²) >= 11 is 0. The van der Waals surface area contributed by atoms with Crippen LogP contribution in [0.3, 0.4) is 0 Å². The third-order valence-electron chi connectivity index (χ3n) is 2.48. The third-order valence-corrected chi connectivity index (χ3v) is 2.48. The van der Waals surface area contributed by atoms with Gasteiger partial charge in [-0.15, -0.1) is 0 Å². The van der Waals surface area contributed by atoms with Crippen molar-refractivity contribution >= 4 is 6.09 Å². The Balaban J connectivity index is 2.66. The number of alkyl carbamates (subject to hydrolysis) is 1. The second-order valence-corrected chi connectivity index (χ2v) is 5.25. The van der Waals surface area contributed by atoms with Gasteiger partial charge in [-0.25, -0.2) is 10.7 Å². The van der Waals surface area contributed by atoms with Gasteiger partial charge >= 0.3 is 6.09 Å². The van der Waals surface area contributed by atoms with Gasteiger partial charge in [0.15, 0.2) is 0 Å². The van der Waals surface area contributed by atoms with Crippen molar-refractivity contribution in [3.05, 3.63) is 29.8 Å². The van der Waals surface area contributed by atoms with E-state index in [1.165, 1.54) is 0 Å². The highest BCUT2D eigenvalue weighted by Gasteiger charge is 2.20. The van der Waals surface area contributed by atoms with Crippen molar-refractivity contribution < 1.29 is 19.1 Å². The van der Waals surface area contributed by atoms with Gasteiger partial charge in [-0.2, -0.15) is 0 Å². The maximum Gasteiger partial charge on any atom is 0.407 e. The highest BCUT2D eigenvalue weighted by atomic mass is 16.6. The highest BCUT2D eigenvalue weighted by Crippen LogP contribution is 2.25. The van der Waals surface area contributed by atoms with Gasteiger partial charge in [0.1, 0.15) is 17.5 Å². The lowest BCUT2D eigenvalue weighted by molar-refractivity contribution is 0.0332. The minimum Gasteiger partial charge on any atom is -0.496 e. The summed E-state index contributed by atoms with van der Waals surface area (Å²) in [4.78, 5) is 16.5. The molecule has 0 saturated carbocycles. The predicted octanol–water partition coefficient (Wildman–Crippen LogP) is 2.15.